The van der Waals surface area contributed by atoms with Crippen LogP contribution in [0.3, 0.4) is 0 Å². The van der Waals surface area contributed by atoms with Gasteiger partial charge in [0.25, 0.3) is 0 Å². The summed E-state index contributed by atoms with van der Waals surface area (Å²) in [6.45, 7) is 8.67. The van der Waals surface area contributed by atoms with Gasteiger partial charge in [-0.25, -0.2) is 4.79 Å². The highest BCUT2D eigenvalue weighted by Crippen LogP contribution is 2.32. The van der Waals surface area contributed by atoms with E-state index >= 15 is 0 Å². The largest absolute Gasteiger partial charge is 0.444 e. The number of aliphatic hydroxyl groups is 1. The summed E-state index contributed by atoms with van der Waals surface area (Å²) in [7, 11) is 0. The maximum absolute atomic E-state index is 11.9. The van der Waals surface area contributed by atoms with Crippen LogP contribution in [0.4, 0.5) is 4.79 Å². The van der Waals surface area contributed by atoms with E-state index in [1.165, 1.54) is 0 Å². The Labute approximate surface area is 120 Å². The molecule has 110 valence electrons. The average molecular weight is 277 g/mol. The molecule has 1 aliphatic heterocycles. The van der Waals surface area contributed by atoms with E-state index in [0.29, 0.717) is 13.1 Å². The van der Waals surface area contributed by atoms with Crippen molar-refractivity contribution in [3.8, 4) is 0 Å². The fourth-order valence-corrected chi connectivity index (χ4v) is 2.41. The molecule has 0 radical (unpaired) electrons. The number of carbonyl (C=O) groups is 1. The smallest absolute Gasteiger partial charge is 0.410 e. The van der Waals surface area contributed by atoms with Crippen molar-refractivity contribution < 1.29 is 14.6 Å². The highest BCUT2D eigenvalue weighted by atomic mass is 16.6. The maximum Gasteiger partial charge on any atom is 0.410 e. The number of likely N-dealkylation sites (tertiary alicyclic amines) is 1. The first-order valence-electron chi connectivity index (χ1n) is 7.03. The Balaban J connectivity index is 1.99. The molecule has 2 rings (SSSR count). The van der Waals surface area contributed by atoms with Crippen LogP contribution in [0.25, 0.3) is 0 Å². The fourth-order valence-electron chi connectivity index (χ4n) is 2.41. The molecule has 1 unspecified atom stereocenters. The number of nitrogens with zero attached hydrogens (tertiary/aromatic N) is 1. The van der Waals surface area contributed by atoms with Gasteiger partial charge in [0.05, 0.1) is 6.10 Å². The van der Waals surface area contributed by atoms with Gasteiger partial charge in [-0.1, -0.05) is 24.3 Å². The Bertz CT molecular complexity index is 485. The Hall–Kier alpha value is -1.55. The average Bonchev–Trinajstić information content (AvgIpc) is 2.24. The summed E-state index contributed by atoms with van der Waals surface area (Å²) in [6.07, 6.45) is -0.745. The van der Waals surface area contributed by atoms with E-state index in [9.17, 15) is 9.90 Å². The Morgan fingerprint density at radius 1 is 1.35 bits per heavy atom. The number of rotatable bonds is 2. The van der Waals surface area contributed by atoms with E-state index in [0.717, 1.165) is 11.1 Å². The van der Waals surface area contributed by atoms with Crippen LogP contribution in [0.1, 0.15) is 50.8 Å². The highest BCUT2D eigenvalue weighted by molar-refractivity contribution is 5.69. The van der Waals surface area contributed by atoms with Crippen molar-refractivity contribution in [1.82, 2.24) is 4.90 Å². The topological polar surface area (TPSA) is 49.8 Å². The van der Waals surface area contributed by atoms with Gasteiger partial charge < -0.3 is 14.7 Å². The van der Waals surface area contributed by atoms with Crippen molar-refractivity contribution >= 4 is 6.09 Å². The van der Waals surface area contributed by atoms with E-state index < -0.39 is 11.7 Å². The van der Waals surface area contributed by atoms with Crippen molar-refractivity contribution in [2.45, 2.75) is 45.3 Å². The van der Waals surface area contributed by atoms with E-state index in [1.807, 2.05) is 45.0 Å². The van der Waals surface area contributed by atoms with Gasteiger partial charge in [-0.2, -0.15) is 0 Å². The Morgan fingerprint density at radius 2 is 1.95 bits per heavy atom. The summed E-state index contributed by atoms with van der Waals surface area (Å²) in [5.74, 6) is 0.285. The van der Waals surface area contributed by atoms with Gasteiger partial charge in [-0.15, -0.1) is 0 Å². The number of hydrogen-bond donors (Lipinski definition) is 1. The zero-order valence-corrected chi connectivity index (χ0v) is 12.6. The second-order valence-corrected chi connectivity index (χ2v) is 6.39. The van der Waals surface area contributed by atoms with Gasteiger partial charge in [-0.05, 0) is 38.8 Å². The minimum atomic E-state index is -0.484. The minimum absolute atomic E-state index is 0.261. The van der Waals surface area contributed by atoms with Gasteiger partial charge in [0.15, 0.2) is 0 Å². The molecule has 1 amide bonds. The summed E-state index contributed by atoms with van der Waals surface area (Å²) in [5.41, 5.74) is 1.61. The Kier molecular flexibility index (Phi) is 4.04. The summed E-state index contributed by atoms with van der Waals surface area (Å²) < 4.78 is 5.34. The second-order valence-electron chi connectivity index (χ2n) is 6.39. The minimum Gasteiger partial charge on any atom is -0.444 e. The lowest BCUT2D eigenvalue weighted by molar-refractivity contribution is 0.00800. The molecule has 1 atom stereocenters. The Morgan fingerprint density at radius 3 is 2.50 bits per heavy atom. The summed E-state index contributed by atoms with van der Waals surface area (Å²) in [4.78, 5) is 13.6. The van der Waals surface area contributed by atoms with Crippen molar-refractivity contribution in [3.63, 3.8) is 0 Å². The third-order valence-electron chi connectivity index (χ3n) is 3.42. The van der Waals surface area contributed by atoms with Crippen LogP contribution in [0, 0.1) is 0 Å². The molecule has 0 bridgehead atoms. The number of carbonyl (C=O) groups excluding carboxylic acids is 1. The molecule has 20 heavy (non-hydrogen) atoms. The molecule has 1 aromatic rings. The van der Waals surface area contributed by atoms with E-state index in [-0.39, 0.29) is 12.0 Å². The monoisotopic (exact) mass is 277 g/mol. The van der Waals surface area contributed by atoms with Crippen LogP contribution in [-0.2, 0) is 4.74 Å². The fraction of sp³-hybridized carbons (Fsp3) is 0.562. The van der Waals surface area contributed by atoms with Crippen LogP contribution in [0.2, 0.25) is 0 Å². The standard InChI is InChI=1S/C16H23NO3/c1-11(18)13-7-5-6-8-14(13)12-9-17(10-12)15(19)20-16(2,3)4/h5-8,11-12,18H,9-10H2,1-4H3. The zero-order chi connectivity index (χ0) is 14.9. The molecule has 0 aliphatic carbocycles. The van der Waals surface area contributed by atoms with Crippen molar-refractivity contribution in [3.05, 3.63) is 35.4 Å². The van der Waals surface area contributed by atoms with Crippen molar-refractivity contribution in [1.29, 1.82) is 0 Å². The summed E-state index contributed by atoms with van der Waals surface area (Å²) in [5, 5.41) is 9.80. The molecule has 0 saturated carbocycles. The first-order valence-corrected chi connectivity index (χ1v) is 7.03. The highest BCUT2D eigenvalue weighted by Gasteiger charge is 2.35. The van der Waals surface area contributed by atoms with Crippen molar-refractivity contribution in [2.75, 3.05) is 13.1 Å². The molecule has 1 fully saturated rings. The van der Waals surface area contributed by atoms with E-state index in [2.05, 4.69) is 0 Å². The molecule has 4 nitrogen and oxygen atoms in total. The van der Waals surface area contributed by atoms with Gasteiger partial charge in [-0.3, -0.25) is 0 Å². The predicted octanol–water partition coefficient (Wildman–Crippen LogP) is 3.07. The van der Waals surface area contributed by atoms with Gasteiger partial charge in [0.1, 0.15) is 5.60 Å². The summed E-state index contributed by atoms with van der Waals surface area (Å²) >= 11 is 0. The zero-order valence-electron chi connectivity index (χ0n) is 12.6. The lowest BCUT2D eigenvalue weighted by Crippen LogP contribution is -2.50. The molecule has 4 heteroatoms. The molecular formula is C16H23NO3. The van der Waals surface area contributed by atoms with Crippen LogP contribution in [0.15, 0.2) is 24.3 Å². The quantitative estimate of drug-likeness (QED) is 0.903. The molecular weight excluding hydrogens is 254 g/mol. The molecule has 0 spiro atoms. The van der Waals surface area contributed by atoms with Crippen LogP contribution in [-0.4, -0.2) is 34.8 Å². The molecule has 1 aromatic carbocycles. The number of benzene rings is 1. The SMILES string of the molecule is CC(O)c1ccccc1C1CN(C(=O)OC(C)(C)C)C1. The normalized spacial score (nSPS) is 17.6. The molecule has 1 saturated heterocycles. The van der Waals surface area contributed by atoms with Crippen LogP contribution >= 0.6 is 0 Å². The summed E-state index contributed by atoms with van der Waals surface area (Å²) in [6, 6.07) is 7.86. The number of hydrogen-bond acceptors (Lipinski definition) is 3. The van der Waals surface area contributed by atoms with Crippen molar-refractivity contribution in [2.24, 2.45) is 0 Å². The third kappa shape index (κ3) is 3.31. The molecule has 1 N–H and O–H groups in total. The van der Waals surface area contributed by atoms with Gasteiger partial charge in [0.2, 0.25) is 0 Å². The molecule has 1 aliphatic rings. The first kappa shape index (κ1) is 14.9. The number of ether oxygens (including phenoxy) is 1. The first-order chi connectivity index (χ1) is 9.28. The lowest BCUT2D eigenvalue weighted by Gasteiger charge is -2.40. The van der Waals surface area contributed by atoms with Gasteiger partial charge >= 0.3 is 6.09 Å². The molecule has 0 aromatic heterocycles. The number of amides is 1. The lowest BCUT2D eigenvalue weighted by atomic mass is 9.87. The van der Waals surface area contributed by atoms with E-state index in [4.69, 9.17) is 4.74 Å². The van der Waals surface area contributed by atoms with E-state index in [1.54, 1.807) is 11.8 Å². The van der Waals surface area contributed by atoms with Crippen LogP contribution in [0.5, 0.6) is 0 Å². The van der Waals surface area contributed by atoms with Crippen LogP contribution < -0.4 is 0 Å². The molecule has 1 heterocycles. The van der Waals surface area contributed by atoms with Gasteiger partial charge in [0, 0.05) is 19.0 Å². The predicted molar refractivity (Wildman–Crippen MR) is 77.6 cm³/mol. The second kappa shape index (κ2) is 5.44. The maximum atomic E-state index is 11.9. The number of aliphatic hydroxyl groups excluding tert-OH is 1. The third-order valence-corrected chi connectivity index (χ3v) is 3.42.